The van der Waals surface area contributed by atoms with Crippen molar-refractivity contribution in [1.29, 1.82) is 0 Å². The number of aliphatic hydroxyl groups is 1. The number of ether oxygens (including phenoxy) is 2. The SMILES string of the molecule is CCOP(=O)([OH+]C)C1COC(=O)O1. The minimum absolute atomic E-state index is 0.0621. The Balaban J connectivity index is 2.66. The van der Waals surface area contributed by atoms with E-state index in [1.807, 2.05) is 0 Å². The number of carbonyl (C=O) groups excluding carboxylic acids is 1. The van der Waals surface area contributed by atoms with E-state index in [0.717, 1.165) is 0 Å². The summed E-state index contributed by atoms with van der Waals surface area (Å²) in [6, 6.07) is 0. The molecule has 1 fully saturated rings. The molecule has 7 heteroatoms. The third-order valence-corrected chi connectivity index (χ3v) is 3.70. The third-order valence-electron chi connectivity index (χ3n) is 1.53. The van der Waals surface area contributed by atoms with E-state index in [1.54, 1.807) is 6.92 Å². The second kappa shape index (κ2) is 4.09. The van der Waals surface area contributed by atoms with Crippen molar-refractivity contribution in [2.75, 3.05) is 20.3 Å². The quantitative estimate of drug-likeness (QED) is 0.391. The van der Waals surface area contributed by atoms with Crippen molar-refractivity contribution in [3.63, 3.8) is 0 Å². The predicted molar refractivity (Wildman–Crippen MR) is 43.6 cm³/mol. The average molecular weight is 211 g/mol. The second-order valence-corrected chi connectivity index (χ2v) is 4.68. The molecule has 0 saturated carbocycles. The van der Waals surface area contributed by atoms with Gasteiger partial charge in [-0.1, -0.05) is 0 Å². The van der Waals surface area contributed by atoms with Gasteiger partial charge in [0.1, 0.15) is 13.7 Å². The zero-order valence-corrected chi connectivity index (χ0v) is 8.32. The highest BCUT2D eigenvalue weighted by Crippen LogP contribution is 2.52. The van der Waals surface area contributed by atoms with Crippen molar-refractivity contribution >= 4 is 13.8 Å². The molecule has 6 nitrogen and oxygen atoms in total. The van der Waals surface area contributed by atoms with E-state index in [2.05, 4.69) is 14.0 Å². The number of cyclic esters (lactones) is 2. The van der Waals surface area contributed by atoms with E-state index in [-0.39, 0.29) is 13.2 Å². The summed E-state index contributed by atoms with van der Waals surface area (Å²) in [7, 11) is -1.86. The topological polar surface area (TPSA) is 74.6 Å². The molecule has 0 bridgehead atoms. The molecule has 0 aliphatic carbocycles. The van der Waals surface area contributed by atoms with Crippen LogP contribution in [0.15, 0.2) is 0 Å². The van der Waals surface area contributed by atoms with Crippen LogP contribution in [-0.4, -0.2) is 36.8 Å². The Morgan fingerprint density at radius 2 is 2.46 bits per heavy atom. The lowest BCUT2D eigenvalue weighted by Gasteiger charge is -2.13. The lowest BCUT2D eigenvalue weighted by molar-refractivity contribution is 0.0940. The van der Waals surface area contributed by atoms with Crippen LogP contribution in [-0.2, 0) is 18.6 Å². The van der Waals surface area contributed by atoms with Crippen molar-refractivity contribution in [2.24, 2.45) is 0 Å². The molecule has 1 saturated heterocycles. The van der Waals surface area contributed by atoms with Gasteiger partial charge in [-0.3, -0.25) is 4.52 Å². The summed E-state index contributed by atoms with van der Waals surface area (Å²) in [5.41, 5.74) is 0. The van der Waals surface area contributed by atoms with Gasteiger partial charge in [0, 0.05) is 0 Å². The van der Waals surface area contributed by atoms with Crippen molar-refractivity contribution in [2.45, 2.75) is 12.8 Å². The van der Waals surface area contributed by atoms with Crippen LogP contribution in [0.2, 0.25) is 0 Å². The fourth-order valence-electron chi connectivity index (χ4n) is 0.934. The zero-order valence-electron chi connectivity index (χ0n) is 7.43. The van der Waals surface area contributed by atoms with E-state index in [9.17, 15) is 9.36 Å². The first-order chi connectivity index (χ1) is 6.12. The van der Waals surface area contributed by atoms with Crippen molar-refractivity contribution < 1.29 is 27.9 Å². The van der Waals surface area contributed by atoms with E-state index in [1.165, 1.54) is 7.11 Å². The van der Waals surface area contributed by atoms with Crippen LogP contribution in [0.5, 0.6) is 0 Å². The maximum absolute atomic E-state index is 11.8. The molecule has 0 spiro atoms. The molecule has 1 heterocycles. The summed E-state index contributed by atoms with van der Waals surface area (Å²) in [5, 5.41) is 0. The van der Waals surface area contributed by atoms with Gasteiger partial charge < -0.3 is 14.0 Å². The standard InChI is InChI=1S/C6H11O6P/c1-3-11-13(8,9-2)5-4-10-6(7)12-5/h5H,3-4H2,1-2H3/p+1. The molecule has 0 amide bonds. The Hall–Kier alpha value is -0.580. The molecular formula is C6H12O6P+. The van der Waals surface area contributed by atoms with Crippen LogP contribution in [0.25, 0.3) is 0 Å². The van der Waals surface area contributed by atoms with Crippen LogP contribution in [0, 0.1) is 0 Å². The van der Waals surface area contributed by atoms with E-state index in [0.29, 0.717) is 0 Å². The van der Waals surface area contributed by atoms with Crippen molar-refractivity contribution in [3.8, 4) is 0 Å². The van der Waals surface area contributed by atoms with E-state index < -0.39 is 19.6 Å². The molecule has 1 aliphatic rings. The minimum Gasteiger partial charge on any atom is -0.429 e. The monoisotopic (exact) mass is 211 g/mol. The molecule has 2 unspecified atom stereocenters. The van der Waals surface area contributed by atoms with E-state index >= 15 is 0 Å². The highest BCUT2D eigenvalue weighted by Gasteiger charge is 2.49. The Morgan fingerprint density at radius 3 is 2.85 bits per heavy atom. The lowest BCUT2D eigenvalue weighted by atomic mass is 10.8. The molecule has 1 rings (SSSR count). The highest BCUT2D eigenvalue weighted by molar-refractivity contribution is 7.53. The average Bonchev–Trinajstić information content (AvgIpc) is 2.52. The fourth-order valence-corrected chi connectivity index (χ4v) is 2.33. The Morgan fingerprint density at radius 1 is 1.77 bits per heavy atom. The Labute approximate surface area is 75.6 Å². The van der Waals surface area contributed by atoms with Crippen LogP contribution >= 0.6 is 7.60 Å². The fraction of sp³-hybridized carbons (Fsp3) is 0.833. The van der Waals surface area contributed by atoms with Gasteiger partial charge in [0.25, 0.3) is 5.85 Å². The predicted octanol–water partition coefficient (Wildman–Crippen LogP) is 0.867. The van der Waals surface area contributed by atoms with Gasteiger partial charge in [0.2, 0.25) is 0 Å². The lowest BCUT2D eigenvalue weighted by Crippen LogP contribution is -2.15. The Bertz CT molecular complexity index is 239. The molecule has 0 radical (unpaired) electrons. The van der Waals surface area contributed by atoms with Gasteiger partial charge in [-0.2, -0.15) is 0 Å². The second-order valence-electron chi connectivity index (χ2n) is 2.32. The summed E-state index contributed by atoms with van der Waals surface area (Å²) in [6.07, 6.45) is -0.825. The number of rotatable bonds is 4. The largest absolute Gasteiger partial charge is 0.517 e. The van der Waals surface area contributed by atoms with Crippen LogP contribution in [0.3, 0.4) is 0 Å². The molecule has 0 aromatic carbocycles. The number of carbonyl (C=O) groups is 1. The minimum atomic E-state index is -3.23. The maximum Gasteiger partial charge on any atom is 0.517 e. The van der Waals surface area contributed by atoms with E-state index in [4.69, 9.17) is 4.52 Å². The first-order valence-electron chi connectivity index (χ1n) is 3.81. The van der Waals surface area contributed by atoms with Crippen LogP contribution in [0.1, 0.15) is 6.92 Å². The van der Waals surface area contributed by atoms with Gasteiger partial charge in [-0.15, -0.1) is 0 Å². The molecule has 0 aromatic rings. The van der Waals surface area contributed by atoms with Crippen LogP contribution in [0.4, 0.5) is 4.79 Å². The van der Waals surface area contributed by atoms with Gasteiger partial charge >= 0.3 is 13.8 Å². The summed E-state index contributed by atoms with van der Waals surface area (Å²) in [4.78, 5) is 10.6. The maximum atomic E-state index is 11.8. The van der Waals surface area contributed by atoms with Crippen molar-refractivity contribution in [1.82, 2.24) is 0 Å². The first kappa shape index (κ1) is 10.5. The Kier molecular flexibility index (Phi) is 3.30. The molecule has 1 aliphatic heterocycles. The zero-order chi connectivity index (χ0) is 9.90. The first-order valence-corrected chi connectivity index (χ1v) is 5.46. The third kappa shape index (κ3) is 2.21. The van der Waals surface area contributed by atoms with Gasteiger partial charge in [0.05, 0.1) is 6.61 Å². The molecule has 13 heavy (non-hydrogen) atoms. The van der Waals surface area contributed by atoms with Gasteiger partial charge in [0.15, 0.2) is 0 Å². The highest BCUT2D eigenvalue weighted by atomic mass is 31.2. The molecular weight excluding hydrogens is 199 g/mol. The molecule has 1 N–H and O–H groups in total. The summed E-state index contributed by atoms with van der Waals surface area (Å²) in [6.45, 7) is 1.88. The summed E-state index contributed by atoms with van der Waals surface area (Å²) < 4.78 is 29.4. The van der Waals surface area contributed by atoms with Crippen molar-refractivity contribution in [3.05, 3.63) is 0 Å². The molecule has 0 aromatic heterocycles. The van der Waals surface area contributed by atoms with Gasteiger partial charge in [-0.25, -0.2) is 9.36 Å². The number of hydrogen-bond acceptors (Lipinski definition) is 5. The summed E-state index contributed by atoms with van der Waals surface area (Å²) in [5.74, 6) is -0.884. The summed E-state index contributed by atoms with van der Waals surface area (Å²) >= 11 is 0. The normalized spacial score (nSPS) is 26.3. The molecule has 76 valence electrons. The molecule has 2 atom stereocenters. The van der Waals surface area contributed by atoms with Crippen LogP contribution < -0.4 is 0 Å². The number of hydrogen-bond donors (Lipinski definition) is 0. The smallest absolute Gasteiger partial charge is 0.429 e. The van der Waals surface area contributed by atoms with Gasteiger partial charge in [-0.05, 0) is 6.92 Å².